The Balaban J connectivity index is 2.57. The second-order valence-electron chi connectivity index (χ2n) is 2.57. The Morgan fingerprint density at radius 2 is 2.38 bits per heavy atom. The second-order valence-corrected chi connectivity index (χ2v) is 2.57. The van der Waals surface area contributed by atoms with Crippen LogP contribution in [0.15, 0.2) is 18.3 Å². The molecule has 5 nitrogen and oxygen atoms in total. The van der Waals surface area contributed by atoms with E-state index in [1.54, 1.807) is 30.0 Å². The Bertz CT molecular complexity index is 422. The maximum absolute atomic E-state index is 8.83. The third kappa shape index (κ3) is 1.33. The van der Waals surface area contributed by atoms with Gasteiger partial charge in [-0.3, -0.25) is 0 Å². The molecular weight excluding hydrogens is 170 g/mol. The summed E-state index contributed by atoms with van der Waals surface area (Å²) < 4.78 is 6.52. The lowest BCUT2D eigenvalue weighted by atomic mass is 10.5. The minimum Gasteiger partial charge on any atom is -0.480 e. The Morgan fingerprint density at radius 1 is 1.54 bits per heavy atom. The predicted octanol–water partition coefficient (Wildman–Crippen LogP) is 0.230. The molecule has 13 heavy (non-hydrogen) atoms. The Morgan fingerprint density at radius 3 is 3.08 bits per heavy atom. The molecule has 0 radical (unpaired) electrons. The molecule has 1 N–H and O–H groups in total. The lowest BCUT2D eigenvalue weighted by molar-refractivity contribution is 0.277. The highest BCUT2D eigenvalue weighted by Gasteiger charge is 2.01. The van der Waals surface area contributed by atoms with Crippen LogP contribution < -0.4 is 4.74 Å². The van der Waals surface area contributed by atoms with Gasteiger partial charge < -0.3 is 9.84 Å². The number of methoxy groups -OCH3 is 1. The monoisotopic (exact) mass is 179 g/mol. The molecule has 0 bridgehead atoms. The number of aliphatic hydroxyl groups is 1. The van der Waals surface area contributed by atoms with E-state index in [2.05, 4.69) is 10.1 Å². The molecule has 0 spiro atoms. The number of hydrogen-bond acceptors (Lipinski definition) is 4. The highest BCUT2D eigenvalue weighted by Crippen LogP contribution is 2.08. The van der Waals surface area contributed by atoms with Crippen molar-refractivity contribution in [3.05, 3.63) is 24.0 Å². The first-order valence-corrected chi connectivity index (χ1v) is 3.83. The zero-order valence-electron chi connectivity index (χ0n) is 7.14. The van der Waals surface area contributed by atoms with Crippen LogP contribution in [0.2, 0.25) is 0 Å². The van der Waals surface area contributed by atoms with Crippen molar-refractivity contribution in [1.82, 2.24) is 14.6 Å². The zero-order chi connectivity index (χ0) is 9.26. The van der Waals surface area contributed by atoms with Crippen LogP contribution >= 0.6 is 0 Å². The summed E-state index contributed by atoms with van der Waals surface area (Å²) in [7, 11) is 1.55. The van der Waals surface area contributed by atoms with Crippen LogP contribution in [-0.2, 0) is 6.61 Å². The molecule has 0 saturated heterocycles. The van der Waals surface area contributed by atoms with Gasteiger partial charge in [-0.15, -0.1) is 5.10 Å². The molecule has 0 aliphatic carbocycles. The molecule has 0 unspecified atom stereocenters. The second kappa shape index (κ2) is 3.02. The molecule has 0 aliphatic rings. The van der Waals surface area contributed by atoms with Gasteiger partial charge in [0.25, 0.3) is 0 Å². The molecule has 0 amide bonds. The number of ether oxygens (including phenoxy) is 1. The topological polar surface area (TPSA) is 59.7 Å². The Labute approximate surface area is 74.6 Å². The summed E-state index contributed by atoms with van der Waals surface area (Å²) >= 11 is 0. The van der Waals surface area contributed by atoms with Crippen molar-refractivity contribution in [2.75, 3.05) is 7.11 Å². The highest BCUT2D eigenvalue weighted by molar-refractivity contribution is 5.39. The van der Waals surface area contributed by atoms with Crippen molar-refractivity contribution in [2.24, 2.45) is 0 Å². The van der Waals surface area contributed by atoms with Crippen molar-refractivity contribution >= 4 is 5.65 Å². The van der Waals surface area contributed by atoms with E-state index in [0.29, 0.717) is 17.2 Å². The SMILES string of the molecule is COc1ccc2nc(CO)cn2n1. The molecule has 0 atom stereocenters. The molecule has 2 aromatic rings. The largest absolute Gasteiger partial charge is 0.480 e. The lowest BCUT2D eigenvalue weighted by Crippen LogP contribution is -1.93. The van der Waals surface area contributed by atoms with E-state index in [0.717, 1.165) is 0 Å². The van der Waals surface area contributed by atoms with Crippen LogP contribution in [0, 0.1) is 0 Å². The van der Waals surface area contributed by atoms with Crippen molar-refractivity contribution in [3.8, 4) is 5.88 Å². The average Bonchev–Trinajstić information content (AvgIpc) is 2.58. The van der Waals surface area contributed by atoms with Gasteiger partial charge >= 0.3 is 0 Å². The number of imidazole rings is 1. The number of nitrogens with zero attached hydrogens (tertiary/aromatic N) is 3. The summed E-state index contributed by atoms with van der Waals surface area (Å²) in [6, 6.07) is 3.51. The van der Waals surface area contributed by atoms with Crippen LogP contribution in [0.25, 0.3) is 5.65 Å². The number of aliphatic hydroxyl groups excluding tert-OH is 1. The fraction of sp³-hybridized carbons (Fsp3) is 0.250. The van der Waals surface area contributed by atoms with Crippen LogP contribution in [0.3, 0.4) is 0 Å². The Hall–Kier alpha value is -1.62. The van der Waals surface area contributed by atoms with E-state index in [1.807, 2.05) is 0 Å². The maximum Gasteiger partial charge on any atom is 0.231 e. The molecule has 0 aliphatic heterocycles. The van der Waals surface area contributed by atoms with E-state index in [1.165, 1.54) is 0 Å². The molecule has 0 aromatic carbocycles. The van der Waals surface area contributed by atoms with E-state index >= 15 is 0 Å². The molecule has 0 fully saturated rings. The quantitative estimate of drug-likeness (QED) is 0.716. The number of hydrogen-bond donors (Lipinski definition) is 1. The summed E-state index contributed by atoms with van der Waals surface area (Å²) in [5.74, 6) is 0.523. The zero-order valence-corrected chi connectivity index (χ0v) is 7.14. The van der Waals surface area contributed by atoms with E-state index < -0.39 is 0 Å². The Kier molecular flexibility index (Phi) is 1.86. The molecule has 2 heterocycles. The van der Waals surface area contributed by atoms with Crippen LogP contribution in [0.1, 0.15) is 5.69 Å². The standard InChI is InChI=1S/C8H9N3O2/c1-13-8-3-2-7-9-6(5-12)4-11(7)10-8/h2-4,12H,5H2,1H3. The van der Waals surface area contributed by atoms with Gasteiger partial charge in [-0.05, 0) is 6.07 Å². The minimum atomic E-state index is -0.0777. The van der Waals surface area contributed by atoms with Crippen LogP contribution in [-0.4, -0.2) is 26.8 Å². The lowest BCUT2D eigenvalue weighted by Gasteiger charge is -1.96. The third-order valence-electron chi connectivity index (χ3n) is 1.72. The van der Waals surface area contributed by atoms with E-state index in [4.69, 9.17) is 9.84 Å². The van der Waals surface area contributed by atoms with Gasteiger partial charge in [0.05, 0.1) is 25.6 Å². The van der Waals surface area contributed by atoms with Gasteiger partial charge in [-0.25, -0.2) is 9.50 Å². The molecule has 5 heteroatoms. The first-order valence-electron chi connectivity index (χ1n) is 3.83. The van der Waals surface area contributed by atoms with Gasteiger partial charge in [0.2, 0.25) is 5.88 Å². The van der Waals surface area contributed by atoms with Crippen molar-refractivity contribution in [3.63, 3.8) is 0 Å². The average molecular weight is 179 g/mol. The van der Waals surface area contributed by atoms with E-state index in [9.17, 15) is 0 Å². The first-order chi connectivity index (χ1) is 6.33. The van der Waals surface area contributed by atoms with E-state index in [-0.39, 0.29) is 6.61 Å². The number of fused-ring (bicyclic) bond motifs is 1. The molecular formula is C8H9N3O2. The van der Waals surface area contributed by atoms with Gasteiger partial charge in [0.1, 0.15) is 0 Å². The third-order valence-corrected chi connectivity index (χ3v) is 1.72. The number of aromatic nitrogens is 3. The molecule has 2 aromatic heterocycles. The normalized spacial score (nSPS) is 10.6. The smallest absolute Gasteiger partial charge is 0.231 e. The first kappa shape index (κ1) is 8.00. The van der Waals surface area contributed by atoms with Gasteiger partial charge in [-0.2, -0.15) is 0 Å². The van der Waals surface area contributed by atoms with Gasteiger partial charge in [0.15, 0.2) is 5.65 Å². The van der Waals surface area contributed by atoms with Crippen molar-refractivity contribution in [2.45, 2.75) is 6.61 Å². The van der Waals surface area contributed by atoms with Gasteiger partial charge in [0, 0.05) is 6.07 Å². The highest BCUT2D eigenvalue weighted by atomic mass is 16.5. The van der Waals surface area contributed by atoms with Gasteiger partial charge in [-0.1, -0.05) is 0 Å². The fourth-order valence-corrected chi connectivity index (χ4v) is 1.10. The summed E-state index contributed by atoms with van der Waals surface area (Å²) in [6.07, 6.45) is 1.66. The minimum absolute atomic E-state index is 0.0777. The van der Waals surface area contributed by atoms with Crippen LogP contribution in [0.4, 0.5) is 0 Å². The maximum atomic E-state index is 8.83. The van der Waals surface area contributed by atoms with Crippen LogP contribution in [0.5, 0.6) is 5.88 Å². The number of rotatable bonds is 2. The summed E-state index contributed by atoms with van der Waals surface area (Å²) in [6.45, 7) is -0.0777. The molecule has 0 saturated carbocycles. The molecule has 68 valence electrons. The summed E-state index contributed by atoms with van der Waals surface area (Å²) in [5.41, 5.74) is 1.30. The predicted molar refractivity (Wildman–Crippen MR) is 45.5 cm³/mol. The summed E-state index contributed by atoms with van der Waals surface area (Å²) in [4.78, 5) is 4.10. The van der Waals surface area contributed by atoms with Crippen molar-refractivity contribution < 1.29 is 9.84 Å². The summed E-state index contributed by atoms with van der Waals surface area (Å²) in [5, 5.41) is 12.9. The fourth-order valence-electron chi connectivity index (χ4n) is 1.10. The van der Waals surface area contributed by atoms with Crippen molar-refractivity contribution in [1.29, 1.82) is 0 Å². The molecule has 2 rings (SSSR count).